The van der Waals surface area contributed by atoms with E-state index in [1.165, 1.54) is 30.9 Å². The molecule has 0 aliphatic heterocycles. The Labute approximate surface area is 109 Å². The molecule has 0 aromatic rings. The summed E-state index contributed by atoms with van der Waals surface area (Å²) < 4.78 is 0. The molecule has 4 N–H and O–H groups in total. The Kier molecular flexibility index (Phi) is 7.18. The van der Waals surface area contributed by atoms with E-state index < -0.39 is 5.97 Å². The van der Waals surface area contributed by atoms with E-state index >= 15 is 0 Å². The minimum absolute atomic E-state index is 0.768. The SMILES string of the molecule is NCCCCCCNC(/C=C\C(=O)O)=C1CCC1. The van der Waals surface area contributed by atoms with Crippen molar-refractivity contribution in [3.63, 3.8) is 0 Å². The maximum atomic E-state index is 10.5. The lowest BCUT2D eigenvalue weighted by molar-refractivity contribution is -0.131. The van der Waals surface area contributed by atoms with Crippen LogP contribution in [0.4, 0.5) is 0 Å². The van der Waals surface area contributed by atoms with E-state index in [1.807, 2.05) is 0 Å². The van der Waals surface area contributed by atoms with Gasteiger partial charge in [-0.05, 0) is 50.3 Å². The zero-order valence-corrected chi connectivity index (χ0v) is 11.0. The van der Waals surface area contributed by atoms with Crippen LogP contribution in [0, 0.1) is 0 Å². The number of nitrogens with two attached hydrogens (primary N) is 1. The van der Waals surface area contributed by atoms with Crippen molar-refractivity contribution >= 4 is 5.97 Å². The molecule has 1 saturated carbocycles. The summed E-state index contributed by atoms with van der Waals surface area (Å²) >= 11 is 0. The van der Waals surface area contributed by atoms with Crippen LogP contribution in [-0.2, 0) is 4.79 Å². The molecular formula is C14H24N2O2. The number of hydrogen-bond donors (Lipinski definition) is 3. The first-order valence-corrected chi connectivity index (χ1v) is 6.81. The van der Waals surface area contributed by atoms with Crippen molar-refractivity contribution in [2.24, 2.45) is 5.73 Å². The second-order valence-corrected chi connectivity index (χ2v) is 4.67. The number of rotatable bonds is 9. The average molecular weight is 252 g/mol. The Hall–Kier alpha value is -1.29. The first-order chi connectivity index (χ1) is 8.74. The molecule has 1 aliphatic carbocycles. The highest BCUT2D eigenvalue weighted by Crippen LogP contribution is 2.28. The van der Waals surface area contributed by atoms with Crippen molar-refractivity contribution in [2.75, 3.05) is 13.1 Å². The molecule has 18 heavy (non-hydrogen) atoms. The molecule has 0 aromatic heterocycles. The topological polar surface area (TPSA) is 75.3 Å². The van der Waals surface area contributed by atoms with Gasteiger partial charge in [0.2, 0.25) is 0 Å². The van der Waals surface area contributed by atoms with Crippen molar-refractivity contribution in [3.05, 3.63) is 23.4 Å². The smallest absolute Gasteiger partial charge is 0.328 e. The summed E-state index contributed by atoms with van der Waals surface area (Å²) in [5.41, 5.74) is 7.81. The second kappa shape index (κ2) is 8.75. The van der Waals surface area contributed by atoms with E-state index in [4.69, 9.17) is 10.8 Å². The summed E-state index contributed by atoms with van der Waals surface area (Å²) in [4.78, 5) is 10.5. The van der Waals surface area contributed by atoms with Crippen LogP contribution in [0.1, 0.15) is 44.9 Å². The van der Waals surface area contributed by atoms with Gasteiger partial charge in [0, 0.05) is 18.3 Å². The molecule has 1 fully saturated rings. The van der Waals surface area contributed by atoms with Gasteiger partial charge >= 0.3 is 5.97 Å². The van der Waals surface area contributed by atoms with Crippen molar-refractivity contribution < 1.29 is 9.90 Å². The molecule has 0 aromatic carbocycles. The first-order valence-electron chi connectivity index (χ1n) is 6.81. The predicted octanol–water partition coefficient (Wildman–Crippen LogP) is 2.17. The van der Waals surface area contributed by atoms with Crippen molar-refractivity contribution in [2.45, 2.75) is 44.9 Å². The number of carboxylic acids is 1. The maximum Gasteiger partial charge on any atom is 0.328 e. The third-order valence-corrected chi connectivity index (χ3v) is 3.18. The molecular weight excluding hydrogens is 228 g/mol. The molecule has 0 amide bonds. The third kappa shape index (κ3) is 5.87. The molecule has 4 heteroatoms. The van der Waals surface area contributed by atoms with Crippen LogP contribution >= 0.6 is 0 Å². The van der Waals surface area contributed by atoms with Gasteiger partial charge in [0.25, 0.3) is 0 Å². The highest BCUT2D eigenvalue weighted by atomic mass is 16.4. The van der Waals surface area contributed by atoms with Crippen LogP contribution in [-0.4, -0.2) is 24.2 Å². The highest BCUT2D eigenvalue weighted by Gasteiger charge is 2.12. The number of carboxylic acid groups (broad SMARTS) is 1. The summed E-state index contributed by atoms with van der Waals surface area (Å²) in [6, 6.07) is 0. The molecule has 0 unspecified atom stereocenters. The summed E-state index contributed by atoms with van der Waals surface area (Å²) in [6.07, 6.45) is 10.9. The number of aliphatic carboxylic acids is 1. The largest absolute Gasteiger partial charge is 0.478 e. The predicted molar refractivity (Wildman–Crippen MR) is 73.2 cm³/mol. The average Bonchev–Trinajstić information content (AvgIpc) is 2.27. The lowest BCUT2D eigenvalue weighted by Gasteiger charge is -2.21. The van der Waals surface area contributed by atoms with E-state index in [1.54, 1.807) is 6.08 Å². The van der Waals surface area contributed by atoms with Gasteiger partial charge in [-0.25, -0.2) is 4.79 Å². The standard InChI is InChI=1S/C14H24N2O2/c15-10-3-1-2-4-11-16-13(8-9-14(17)18)12-6-5-7-12/h8-9,16H,1-7,10-11,15H2,(H,17,18)/b9-8-. The molecule has 102 valence electrons. The van der Waals surface area contributed by atoms with Gasteiger partial charge in [0.1, 0.15) is 0 Å². The number of allylic oxidation sites excluding steroid dienone is 2. The highest BCUT2D eigenvalue weighted by molar-refractivity contribution is 5.80. The molecule has 0 heterocycles. The van der Waals surface area contributed by atoms with Crippen molar-refractivity contribution in [1.29, 1.82) is 0 Å². The van der Waals surface area contributed by atoms with Crippen LogP contribution < -0.4 is 11.1 Å². The quantitative estimate of drug-likeness (QED) is 0.434. The first kappa shape index (κ1) is 14.8. The number of unbranched alkanes of at least 4 members (excludes halogenated alkanes) is 3. The Balaban J connectivity index is 2.28. The van der Waals surface area contributed by atoms with Crippen LogP contribution in [0.25, 0.3) is 0 Å². The molecule has 1 rings (SSSR count). The Morgan fingerprint density at radius 3 is 2.50 bits per heavy atom. The fraction of sp³-hybridized carbons (Fsp3) is 0.643. The fourth-order valence-corrected chi connectivity index (χ4v) is 1.93. The van der Waals surface area contributed by atoms with E-state index in [-0.39, 0.29) is 0 Å². The summed E-state index contributed by atoms with van der Waals surface area (Å²) in [6.45, 7) is 1.68. The second-order valence-electron chi connectivity index (χ2n) is 4.67. The van der Waals surface area contributed by atoms with Gasteiger partial charge < -0.3 is 16.2 Å². The van der Waals surface area contributed by atoms with Crippen molar-refractivity contribution in [1.82, 2.24) is 5.32 Å². The molecule has 4 nitrogen and oxygen atoms in total. The van der Waals surface area contributed by atoms with E-state index in [0.29, 0.717) is 0 Å². The van der Waals surface area contributed by atoms with Crippen molar-refractivity contribution in [3.8, 4) is 0 Å². The zero-order chi connectivity index (χ0) is 13.2. The minimum atomic E-state index is -0.892. The maximum absolute atomic E-state index is 10.5. The van der Waals surface area contributed by atoms with Crippen LogP contribution in [0.2, 0.25) is 0 Å². The van der Waals surface area contributed by atoms with Crippen LogP contribution in [0.5, 0.6) is 0 Å². The lowest BCUT2D eigenvalue weighted by Crippen LogP contribution is -2.18. The molecule has 1 aliphatic rings. The van der Waals surface area contributed by atoms with E-state index in [9.17, 15) is 4.79 Å². The molecule has 0 spiro atoms. The minimum Gasteiger partial charge on any atom is -0.478 e. The van der Waals surface area contributed by atoms with Gasteiger partial charge in [0.05, 0.1) is 0 Å². The monoisotopic (exact) mass is 252 g/mol. The Morgan fingerprint density at radius 2 is 1.94 bits per heavy atom. The normalized spacial score (nSPS) is 14.6. The van der Waals surface area contributed by atoms with Gasteiger partial charge in [-0.2, -0.15) is 0 Å². The molecule has 0 radical (unpaired) electrons. The van der Waals surface area contributed by atoms with Crippen LogP contribution in [0.3, 0.4) is 0 Å². The Morgan fingerprint density at radius 1 is 1.22 bits per heavy atom. The van der Waals surface area contributed by atoms with Crippen LogP contribution in [0.15, 0.2) is 23.4 Å². The lowest BCUT2D eigenvalue weighted by atomic mass is 9.90. The molecule has 0 bridgehead atoms. The fourth-order valence-electron chi connectivity index (χ4n) is 1.93. The van der Waals surface area contributed by atoms with Gasteiger partial charge in [-0.3, -0.25) is 0 Å². The van der Waals surface area contributed by atoms with E-state index in [2.05, 4.69) is 5.32 Å². The van der Waals surface area contributed by atoms with Gasteiger partial charge in [0.15, 0.2) is 0 Å². The summed E-state index contributed by atoms with van der Waals surface area (Å²) in [7, 11) is 0. The summed E-state index contributed by atoms with van der Waals surface area (Å²) in [5.74, 6) is -0.892. The molecule has 0 atom stereocenters. The number of carbonyl (C=O) groups is 1. The van der Waals surface area contributed by atoms with E-state index in [0.717, 1.165) is 44.5 Å². The van der Waals surface area contributed by atoms with Gasteiger partial charge in [-0.15, -0.1) is 0 Å². The number of nitrogens with one attached hydrogen (secondary N) is 1. The molecule has 0 saturated heterocycles. The Bertz CT molecular complexity index is 316. The number of hydrogen-bond acceptors (Lipinski definition) is 3. The third-order valence-electron chi connectivity index (χ3n) is 3.18. The summed E-state index contributed by atoms with van der Waals surface area (Å²) in [5, 5.41) is 12.0. The van der Waals surface area contributed by atoms with Gasteiger partial charge in [-0.1, -0.05) is 12.8 Å². The zero-order valence-electron chi connectivity index (χ0n) is 11.0.